The number of nitrogens with zero attached hydrogens (tertiary/aromatic N) is 2. The zero-order chi connectivity index (χ0) is 43.3. The minimum absolute atomic E-state index is 0.00330. The Hall–Kier alpha value is -5.40. The summed E-state index contributed by atoms with van der Waals surface area (Å²) in [7, 11) is 3.75. The van der Waals surface area contributed by atoms with Gasteiger partial charge in [0.25, 0.3) is 5.88 Å². The van der Waals surface area contributed by atoms with E-state index in [2.05, 4.69) is 10.5 Å². The first-order chi connectivity index (χ1) is 28.4. The molecule has 1 unspecified atom stereocenters. The first kappa shape index (κ1) is 42.7. The number of carbonyl (C=O) groups is 4. The van der Waals surface area contributed by atoms with Crippen molar-refractivity contribution >= 4 is 46.0 Å². The highest BCUT2D eigenvalue weighted by atomic mass is 35.5. The average Bonchev–Trinajstić information content (AvgIpc) is 3.82. The van der Waals surface area contributed by atoms with Crippen molar-refractivity contribution in [3.05, 3.63) is 93.4 Å². The van der Waals surface area contributed by atoms with Gasteiger partial charge in [-0.05, 0) is 82.4 Å². The number of rotatable bonds is 9. The number of phenols is 1. The fourth-order valence-corrected chi connectivity index (χ4v) is 8.65. The van der Waals surface area contributed by atoms with Gasteiger partial charge in [-0.15, -0.1) is 11.6 Å². The van der Waals surface area contributed by atoms with Crippen LogP contribution in [0, 0.1) is 17.3 Å². The SMILES string of the molecule is CC(C)(C)OC(=O)Oc1c2c(c(O)c3ccc(CN(CCCCl)C(=O)C(C)(C)C)cc13)CC1C[C@H]3Cc4onc(OCc5ccccc5)c4C(=O)[C@]34OC4=C1C2=O.CNC. The summed E-state index contributed by atoms with van der Waals surface area (Å²) in [5, 5.41) is 19.4. The number of Topliss-reactive ketones (excluding diaryl/α,β-unsaturated/α-hetero) is 2. The second-order valence-corrected chi connectivity index (χ2v) is 18.2. The number of fused-ring (bicyclic) bond motifs is 4. The van der Waals surface area contributed by atoms with E-state index >= 15 is 0 Å². The summed E-state index contributed by atoms with van der Waals surface area (Å²) in [5.74, 6) is -0.767. The molecule has 1 saturated heterocycles. The van der Waals surface area contributed by atoms with Crippen LogP contribution in [0.5, 0.6) is 17.4 Å². The molecule has 14 heteroatoms. The minimum Gasteiger partial charge on any atom is -0.507 e. The van der Waals surface area contributed by atoms with Crippen LogP contribution < -0.4 is 14.8 Å². The number of aromatic nitrogens is 1. The number of benzene rings is 3. The van der Waals surface area contributed by atoms with Gasteiger partial charge in [-0.25, -0.2) is 4.79 Å². The smallest absolute Gasteiger partial charge is 0.507 e. The predicted octanol–water partition coefficient (Wildman–Crippen LogP) is 8.10. The second-order valence-electron chi connectivity index (χ2n) is 17.8. The van der Waals surface area contributed by atoms with Crippen LogP contribution in [0.1, 0.15) is 97.6 Å². The van der Waals surface area contributed by atoms with Gasteiger partial charge in [0.1, 0.15) is 23.5 Å². The van der Waals surface area contributed by atoms with Crippen LogP contribution in [-0.4, -0.2) is 76.5 Å². The number of phenolic OH excluding ortho intramolecular Hbond substituents is 1. The monoisotopic (exact) mass is 841 g/mol. The van der Waals surface area contributed by atoms with E-state index in [1.54, 1.807) is 43.9 Å². The lowest BCUT2D eigenvalue weighted by Gasteiger charge is -2.35. The van der Waals surface area contributed by atoms with Crippen LogP contribution in [0.15, 0.2) is 64.4 Å². The maximum absolute atomic E-state index is 14.9. The van der Waals surface area contributed by atoms with Gasteiger partial charge < -0.3 is 38.8 Å². The summed E-state index contributed by atoms with van der Waals surface area (Å²) in [6.45, 7) is 11.4. The molecule has 60 heavy (non-hydrogen) atoms. The van der Waals surface area contributed by atoms with E-state index in [1.807, 2.05) is 65.2 Å². The van der Waals surface area contributed by atoms with E-state index in [0.717, 1.165) is 5.56 Å². The maximum Gasteiger partial charge on any atom is 0.514 e. The summed E-state index contributed by atoms with van der Waals surface area (Å²) in [4.78, 5) is 57.9. The van der Waals surface area contributed by atoms with Crippen LogP contribution >= 0.6 is 11.6 Å². The summed E-state index contributed by atoms with van der Waals surface area (Å²) in [5.41, 5.74) is -0.546. The largest absolute Gasteiger partial charge is 0.514 e. The van der Waals surface area contributed by atoms with Crippen LogP contribution in [-0.2, 0) is 40.3 Å². The molecule has 318 valence electrons. The molecule has 1 fully saturated rings. The molecular formula is C46H52ClN3O10. The molecule has 3 aromatic carbocycles. The predicted molar refractivity (Wildman–Crippen MR) is 223 cm³/mol. The van der Waals surface area contributed by atoms with E-state index in [0.29, 0.717) is 59.5 Å². The first-order valence-corrected chi connectivity index (χ1v) is 20.8. The number of epoxide rings is 1. The van der Waals surface area contributed by atoms with E-state index in [4.69, 9.17) is 35.1 Å². The highest BCUT2D eigenvalue weighted by Crippen LogP contribution is 2.63. The zero-order valence-corrected chi connectivity index (χ0v) is 36.1. The van der Waals surface area contributed by atoms with Crippen molar-refractivity contribution in [1.29, 1.82) is 0 Å². The molecular weight excluding hydrogens is 790 g/mol. The fourth-order valence-electron chi connectivity index (χ4n) is 8.53. The lowest BCUT2D eigenvalue weighted by molar-refractivity contribution is -0.140. The van der Waals surface area contributed by atoms with Gasteiger partial charge in [-0.3, -0.25) is 14.4 Å². The summed E-state index contributed by atoms with van der Waals surface area (Å²) >= 11 is 6.02. The van der Waals surface area contributed by atoms with E-state index in [9.17, 15) is 24.3 Å². The Labute approximate surface area is 354 Å². The minimum atomic E-state index is -1.38. The molecule has 3 atom stereocenters. The standard InChI is InChI=1S/C44H45ClN2O10.C2H7N/c1-42(2,3)40(51)47(16-10-15-45)21-24-13-14-27-28(17-24)36(54-41(52)56-43(4,5)6)32-29(34(27)48)19-25-18-26-20-30-33(37(50)44(26)38(55-44)31(25)35(32)49)39(46-57-30)53-22-23-11-8-7-9-12-23;1-3-2/h7-9,11-14,17,25-26,48H,10,15-16,18-22H2,1-6H3;3H,1-2H3/t25?,26-,44+;/m0./s1. The van der Waals surface area contributed by atoms with Crippen molar-refractivity contribution in [1.82, 2.24) is 15.4 Å². The van der Waals surface area contributed by atoms with Crippen LogP contribution in [0.3, 0.4) is 0 Å². The number of halogens is 1. The molecule has 2 heterocycles. The molecule has 1 aromatic heterocycles. The summed E-state index contributed by atoms with van der Waals surface area (Å²) in [6.07, 6.45) is 0.512. The van der Waals surface area contributed by atoms with Crippen molar-refractivity contribution in [3.8, 4) is 17.4 Å². The first-order valence-electron chi connectivity index (χ1n) is 20.3. The number of ether oxygens (including phenoxy) is 4. The number of alkyl halides is 1. The Morgan fingerprint density at radius 1 is 1.00 bits per heavy atom. The normalized spacial score (nSPS) is 20.0. The highest BCUT2D eigenvalue weighted by Gasteiger charge is 2.72. The Morgan fingerprint density at radius 2 is 1.72 bits per heavy atom. The molecule has 0 radical (unpaired) electrons. The molecule has 13 nitrogen and oxygen atoms in total. The van der Waals surface area contributed by atoms with Gasteiger partial charge >= 0.3 is 6.16 Å². The molecule has 4 aliphatic rings. The van der Waals surface area contributed by atoms with Crippen molar-refractivity contribution < 1.29 is 47.8 Å². The molecule has 1 amide bonds. The van der Waals surface area contributed by atoms with E-state index in [1.165, 1.54) is 0 Å². The Kier molecular flexibility index (Phi) is 11.6. The van der Waals surface area contributed by atoms with Crippen molar-refractivity contribution in [3.63, 3.8) is 0 Å². The fraction of sp³-hybridized carbons (Fsp3) is 0.457. The van der Waals surface area contributed by atoms with Crippen LogP contribution in [0.2, 0.25) is 0 Å². The molecule has 2 N–H and O–H groups in total. The Bertz CT molecular complexity index is 2390. The maximum atomic E-state index is 14.9. The van der Waals surface area contributed by atoms with Crippen molar-refractivity contribution in [2.45, 2.75) is 91.6 Å². The highest BCUT2D eigenvalue weighted by molar-refractivity contribution is 6.20. The van der Waals surface area contributed by atoms with Gasteiger partial charge in [0.2, 0.25) is 17.3 Å². The number of allylic oxidation sites excluding steroid dienone is 1. The number of hydrogen-bond acceptors (Lipinski definition) is 12. The number of carbonyl (C=O) groups excluding carboxylic acids is 4. The third kappa shape index (κ3) is 7.85. The van der Waals surface area contributed by atoms with Gasteiger partial charge in [-0.2, -0.15) is 0 Å². The number of ketones is 2. The number of hydrogen-bond donors (Lipinski definition) is 2. The second kappa shape index (κ2) is 16.2. The Morgan fingerprint density at radius 3 is 2.38 bits per heavy atom. The van der Waals surface area contributed by atoms with Gasteiger partial charge in [0.15, 0.2) is 23.1 Å². The molecule has 1 aliphatic heterocycles. The Balaban J connectivity index is 0.00000176. The van der Waals surface area contributed by atoms with Gasteiger partial charge in [0.05, 0.1) is 5.56 Å². The third-order valence-corrected chi connectivity index (χ3v) is 11.3. The number of aromatic hydroxyl groups is 1. The average molecular weight is 842 g/mol. The summed E-state index contributed by atoms with van der Waals surface area (Å²) in [6, 6.07) is 14.7. The van der Waals surface area contributed by atoms with Crippen molar-refractivity contribution in [2.24, 2.45) is 17.3 Å². The lowest BCUT2D eigenvalue weighted by atomic mass is 9.63. The lowest BCUT2D eigenvalue weighted by Crippen LogP contribution is -2.44. The van der Waals surface area contributed by atoms with Gasteiger partial charge in [0, 0.05) is 58.6 Å². The number of amides is 1. The zero-order valence-electron chi connectivity index (χ0n) is 35.3. The van der Waals surface area contributed by atoms with Crippen LogP contribution in [0.4, 0.5) is 4.79 Å². The molecule has 4 aromatic rings. The van der Waals surface area contributed by atoms with Crippen molar-refractivity contribution in [2.75, 3.05) is 26.5 Å². The molecule has 0 saturated carbocycles. The van der Waals surface area contributed by atoms with Gasteiger partial charge in [-0.1, -0.05) is 63.2 Å². The summed E-state index contributed by atoms with van der Waals surface area (Å²) < 4.78 is 29.4. The molecule has 1 spiro atoms. The molecule has 0 bridgehead atoms. The topological polar surface area (TPSA) is 170 Å². The van der Waals surface area contributed by atoms with E-state index < -0.39 is 34.5 Å². The van der Waals surface area contributed by atoms with E-state index in [-0.39, 0.29) is 76.8 Å². The number of nitrogens with one attached hydrogen (secondary N) is 1. The van der Waals surface area contributed by atoms with Crippen LogP contribution in [0.25, 0.3) is 10.8 Å². The third-order valence-electron chi connectivity index (χ3n) is 11.1. The molecule has 3 aliphatic carbocycles. The quantitative estimate of drug-likeness (QED) is 0.0720. The molecule has 8 rings (SSSR count).